The van der Waals surface area contributed by atoms with E-state index in [4.69, 9.17) is 33.7 Å². The van der Waals surface area contributed by atoms with Crippen LogP contribution in [0.15, 0.2) is 12.1 Å². The van der Waals surface area contributed by atoms with Crippen molar-refractivity contribution in [2.24, 2.45) is 5.92 Å². The van der Waals surface area contributed by atoms with Gasteiger partial charge in [-0.25, -0.2) is 0 Å². The van der Waals surface area contributed by atoms with Gasteiger partial charge in [0.2, 0.25) is 0 Å². The highest BCUT2D eigenvalue weighted by Crippen LogP contribution is 2.35. The molecule has 0 heterocycles. The molecule has 18 heavy (non-hydrogen) atoms. The van der Waals surface area contributed by atoms with Crippen LogP contribution in [0.5, 0.6) is 5.75 Å². The molecular weight excluding hydrogens is 269 g/mol. The van der Waals surface area contributed by atoms with Crippen molar-refractivity contribution in [3.8, 4) is 5.75 Å². The first-order valence-electron chi connectivity index (χ1n) is 6.51. The number of nitrogen functional groups attached to an aromatic ring is 1. The smallest absolute Gasteiger partial charge is 0.144 e. The van der Waals surface area contributed by atoms with Crippen molar-refractivity contribution in [3.05, 3.63) is 22.2 Å². The summed E-state index contributed by atoms with van der Waals surface area (Å²) in [5.74, 6) is 1.51. The van der Waals surface area contributed by atoms with E-state index in [1.165, 1.54) is 19.3 Å². The Bertz CT molecular complexity index is 415. The molecule has 0 amide bonds. The van der Waals surface area contributed by atoms with Crippen LogP contribution in [-0.4, -0.2) is 6.10 Å². The molecule has 0 unspecified atom stereocenters. The summed E-state index contributed by atoms with van der Waals surface area (Å²) >= 11 is 11.9. The maximum Gasteiger partial charge on any atom is 0.144 e. The molecule has 1 aromatic carbocycles. The summed E-state index contributed by atoms with van der Waals surface area (Å²) in [7, 11) is 0. The fourth-order valence-corrected chi connectivity index (χ4v) is 2.81. The van der Waals surface area contributed by atoms with E-state index in [-0.39, 0.29) is 6.10 Å². The van der Waals surface area contributed by atoms with Crippen molar-refractivity contribution in [2.45, 2.75) is 45.1 Å². The molecule has 100 valence electrons. The first kappa shape index (κ1) is 13.8. The molecule has 0 bridgehead atoms. The average Bonchev–Trinajstić information content (AvgIpc) is 2.37. The van der Waals surface area contributed by atoms with Crippen molar-refractivity contribution >= 4 is 28.9 Å². The Morgan fingerprint density at radius 2 is 1.78 bits per heavy atom. The minimum absolute atomic E-state index is 0.257. The maximum atomic E-state index is 5.98. The van der Waals surface area contributed by atoms with Gasteiger partial charge in [0.1, 0.15) is 5.75 Å². The van der Waals surface area contributed by atoms with Gasteiger partial charge in [-0.3, -0.25) is 0 Å². The molecule has 0 aliphatic heterocycles. The van der Waals surface area contributed by atoms with Crippen LogP contribution in [0.1, 0.15) is 39.0 Å². The van der Waals surface area contributed by atoms with Crippen molar-refractivity contribution in [2.75, 3.05) is 5.73 Å². The predicted molar refractivity (Wildman–Crippen MR) is 77.5 cm³/mol. The van der Waals surface area contributed by atoms with E-state index in [0.717, 1.165) is 18.8 Å². The lowest BCUT2D eigenvalue weighted by atomic mass is 9.86. The summed E-state index contributed by atoms with van der Waals surface area (Å²) in [4.78, 5) is 0. The van der Waals surface area contributed by atoms with Crippen LogP contribution in [0.4, 0.5) is 5.69 Å². The first-order valence-corrected chi connectivity index (χ1v) is 7.27. The fourth-order valence-electron chi connectivity index (χ4n) is 2.48. The van der Waals surface area contributed by atoms with Crippen LogP contribution in [-0.2, 0) is 0 Å². The number of rotatable bonds is 3. The molecule has 0 atom stereocenters. The Morgan fingerprint density at radius 3 is 2.39 bits per heavy atom. The monoisotopic (exact) mass is 287 g/mol. The van der Waals surface area contributed by atoms with Crippen LogP contribution in [0.3, 0.4) is 0 Å². The van der Waals surface area contributed by atoms with E-state index in [9.17, 15) is 0 Å². The largest absolute Gasteiger partial charge is 0.488 e. The molecule has 1 saturated carbocycles. The van der Waals surface area contributed by atoms with E-state index in [1.807, 2.05) is 0 Å². The molecule has 1 fully saturated rings. The van der Waals surface area contributed by atoms with Crippen LogP contribution in [0.2, 0.25) is 10.0 Å². The first-order chi connectivity index (χ1) is 8.60. The molecule has 1 aliphatic rings. The van der Waals surface area contributed by atoms with Crippen molar-refractivity contribution < 1.29 is 4.74 Å². The minimum atomic E-state index is 0.257. The standard InChI is InChI=1S/C14H19Cl2NO/c1-2-9-3-5-10(6-4-9)18-14-8-12(16)11(15)7-13(14)17/h7-10H,2-6,17H2,1H3. The number of nitrogens with two attached hydrogens (primary N) is 1. The molecule has 2 N–H and O–H groups in total. The molecule has 1 aromatic rings. The average molecular weight is 288 g/mol. The van der Waals surface area contributed by atoms with Gasteiger partial charge < -0.3 is 10.5 Å². The SMILES string of the molecule is CCC1CCC(Oc2cc(Cl)c(Cl)cc2N)CC1. The third kappa shape index (κ3) is 3.24. The molecule has 1 aliphatic carbocycles. The van der Waals surface area contributed by atoms with Gasteiger partial charge in [-0.05, 0) is 37.7 Å². The lowest BCUT2D eigenvalue weighted by Gasteiger charge is -2.28. The highest BCUT2D eigenvalue weighted by Gasteiger charge is 2.22. The highest BCUT2D eigenvalue weighted by molar-refractivity contribution is 6.42. The second kappa shape index (κ2) is 6.03. The van der Waals surface area contributed by atoms with Crippen LogP contribution in [0.25, 0.3) is 0 Å². The molecule has 2 rings (SSSR count). The Morgan fingerprint density at radius 1 is 1.17 bits per heavy atom. The van der Waals surface area contributed by atoms with Gasteiger partial charge in [0.05, 0.1) is 21.8 Å². The van der Waals surface area contributed by atoms with E-state index in [2.05, 4.69) is 6.92 Å². The molecule has 0 aromatic heterocycles. The number of hydrogen-bond donors (Lipinski definition) is 1. The van der Waals surface area contributed by atoms with Gasteiger partial charge >= 0.3 is 0 Å². The zero-order valence-electron chi connectivity index (χ0n) is 10.6. The number of benzene rings is 1. The summed E-state index contributed by atoms with van der Waals surface area (Å²) in [6.45, 7) is 2.25. The van der Waals surface area contributed by atoms with E-state index >= 15 is 0 Å². The second-order valence-corrected chi connectivity index (χ2v) is 5.79. The summed E-state index contributed by atoms with van der Waals surface area (Å²) in [6.07, 6.45) is 6.19. The van der Waals surface area contributed by atoms with Crippen molar-refractivity contribution in [1.29, 1.82) is 0 Å². The van der Waals surface area contributed by atoms with Crippen LogP contribution in [0, 0.1) is 5.92 Å². The molecule has 0 radical (unpaired) electrons. The Balaban J connectivity index is 2.00. The number of ether oxygens (including phenoxy) is 1. The minimum Gasteiger partial charge on any atom is -0.488 e. The van der Waals surface area contributed by atoms with E-state index < -0.39 is 0 Å². The highest BCUT2D eigenvalue weighted by atomic mass is 35.5. The Labute approximate surface area is 118 Å². The number of halogens is 2. The summed E-state index contributed by atoms with van der Waals surface area (Å²) in [6, 6.07) is 3.36. The quantitative estimate of drug-likeness (QED) is 0.801. The number of anilines is 1. The number of hydrogen-bond acceptors (Lipinski definition) is 2. The van der Waals surface area contributed by atoms with Gasteiger partial charge in [-0.1, -0.05) is 36.5 Å². The van der Waals surface area contributed by atoms with Crippen LogP contribution < -0.4 is 10.5 Å². The molecule has 0 saturated heterocycles. The topological polar surface area (TPSA) is 35.2 Å². The Kier molecular flexibility index (Phi) is 4.63. The molecular formula is C14H19Cl2NO. The van der Waals surface area contributed by atoms with E-state index in [1.54, 1.807) is 12.1 Å². The van der Waals surface area contributed by atoms with E-state index in [0.29, 0.717) is 21.5 Å². The third-order valence-electron chi connectivity index (χ3n) is 3.72. The fraction of sp³-hybridized carbons (Fsp3) is 0.571. The zero-order valence-corrected chi connectivity index (χ0v) is 12.1. The summed E-state index contributed by atoms with van der Waals surface area (Å²) in [5.41, 5.74) is 6.45. The molecule has 0 spiro atoms. The van der Waals surface area contributed by atoms with Crippen molar-refractivity contribution in [1.82, 2.24) is 0 Å². The van der Waals surface area contributed by atoms with Gasteiger partial charge in [0.25, 0.3) is 0 Å². The van der Waals surface area contributed by atoms with Gasteiger partial charge in [-0.15, -0.1) is 0 Å². The van der Waals surface area contributed by atoms with Gasteiger partial charge in [-0.2, -0.15) is 0 Å². The van der Waals surface area contributed by atoms with Gasteiger partial charge in [0.15, 0.2) is 0 Å². The van der Waals surface area contributed by atoms with Crippen molar-refractivity contribution in [3.63, 3.8) is 0 Å². The second-order valence-electron chi connectivity index (χ2n) is 4.97. The zero-order chi connectivity index (χ0) is 13.1. The predicted octanol–water partition coefficient (Wildman–Crippen LogP) is 4.92. The molecule has 4 heteroatoms. The summed E-state index contributed by atoms with van der Waals surface area (Å²) in [5, 5.41) is 0.958. The summed E-state index contributed by atoms with van der Waals surface area (Å²) < 4.78 is 5.95. The Hall–Kier alpha value is -0.600. The van der Waals surface area contributed by atoms with Crippen LogP contribution >= 0.6 is 23.2 Å². The lowest BCUT2D eigenvalue weighted by molar-refractivity contribution is 0.131. The third-order valence-corrected chi connectivity index (χ3v) is 4.44. The normalized spacial score (nSPS) is 23.9. The molecule has 2 nitrogen and oxygen atoms in total. The van der Waals surface area contributed by atoms with Gasteiger partial charge in [0, 0.05) is 6.07 Å². The maximum absolute atomic E-state index is 5.98. The lowest BCUT2D eigenvalue weighted by Crippen LogP contribution is -2.24.